The fraction of sp³-hybridized carbons (Fsp3) is 0.208. The van der Waals surface area contributed by atoms with Crippen molar-refractivity contribution in [3.63, 3.8) is 0 Å². The molecule has 3 aromatic rings. The first kappa shape index (κ1) is 23.2. The molecule has 1 aliphatic rings. The van der Waals surface area contributed by atoms with Gasteiger partial charge in [-0.2, -0.15) is 0 Å². The molecule has 0 radical (unpaired) electrons. The van der Waals surface area contributed by atoms with Gasteiger partial charge in [-0.05, 0) is 42.8 Å². The summed E-state index contributed by atoms with van der Waals surface area (Å²) in [4.78, 5) is 26.2. The Labute approximate surface area is 202 Å². The van der Waals surface area contributed by atoms with Gasteiger partial charge in [0.2, 0.25) is 5.91 Å². The topological polar surface area (TPSA) is 130 Å². The molecule has 0 aliphatic carbocycles. The molecule has 1 amide bonds. The third-order valence-electron chi connectivity index (χ3n) is 5.46. The number of nitrogens with two attached hydrogens (primary N) is 1. The summed E-state index contributed by atoms with van der Waals surface area (Å²) < 4.78 is 5.77. The van der Waals surface area contributed by atoms with E-state index in [2.05, 4.69) is 26.8 Å². The number of likely N-dealkylation sites (tertiary alicyclic amines) is 1. The maximum atomic E-state index is 11.9. The molecule has 1 aromatic carbocycles. The summed E-state index contributed by atoms with van der Waals surface area (Å²) in [5.41, 5.74) is 7.94. The zero-order valence-corrected chi connectivity index (χ0v) is 19.1. The maximum Gasteiger partial charge on any atom is 0.246 e. The second-order valence-corrected chi connectivity index (χ2v) is 8.14. The summed E-state index contributed by atoms with van der Waals surface area (Å²) in [6.45, 7) is 4.94. The second kappa shape index (κ2) is 10.3. The van der Waals surface area contributed by atoms with Gasteiger partial charge in [0.25, 0.3) is 0 Å². The molecule has 10 heteroatoms. The van der Waals surface area contributed by atoms with Crippen LogP contribution in [0.3, 0.4) is 0 Å². The molecule has 34 heavy (non-hydrogen) atoms. The number of benzene rings is 1. The van der Waals surface area contributed by atoms with Crippen LogP contribution in [0.1, 0.15) is 23.2 Å². The van der Waals surface area contributed by atoms with Crippen LogP contribution < -0.4 is 15.8 Å². The molecule has 1 atom stereocenters. The minimum Gasteiger partial charge on any atom is -0.486 e. The van der Waals surface area contributed by atoms with E-state index in [1.54, 1.807) is 29.3 Å². The van der Waals surface area contributed by atoms with Crippen LogP contribution in [0.5, 0.6) is 5.75 Å². The van der Waals surface area contributed by atoms with Crippen LogP contribution in [0.2, 0.25) is 5.02 Å². The molecule has 0 spiro atoms. The molecule has 1 aliphatic heterocycles. The summed E-state index contributed by atoms with van der Waals surface area (Å²) in [5, 5.41) is 12.4. The number of amides is 1. The average molecular weight is 478 g/mol. The lowest BCUT2D eigenvalue weighted by Gasteiger charge is -2.19. The first-order valence-corrected chi connectivity index (χ1v) is 11.0. The van der Waals surface area contributed by atoms with Gasteiger partial charge in [0.05, 0.1) is 22.0 Å². The van der Waals surface area contributed by atoms with Gasteiger partial charge in [-0.25, -0.2) is 9.97 Å². The average Bonchev–Trinajstić information content (AvgIpc) is 3.31. The fourth-order valence-corrected chi connectivity index (χ4v) is 3.94. The predicted molar refractivity (Wildman–Crippen MR) is 131 cm³/mol. The number of hydrogen-bond donors (Lipinski definition) is 3. The summed E-state index contributed by atoms with van der Waals surface area (Å²) in [6, 6.07) is 10.6. The highest BCUT2D eigenvalue weighted by Gasteiger charge is 2.27. The first-order valence-electron chi connectivity index (χ1n) is 10.7. The number of rotatable bonds is 8. The Balaban J connectivity index is 1.51. The Morgan fingerprint density at radius 2 is 2.18 bits per heavy atom. The van der Waals surface area contributed by atoms with Gasteiger partial charge < -0.3 is 20.7 Å². The van der Waals surface area contributed by atoms with E-state index in [-0.39, 0.29) is 30.1 Å². The van der Waals surface area contributed by atoms with E-state index < -0.39 is 0 Å². The molecule has 1 unspecified atom stereocenters. The maximum absolute atomic E-state index is 11.9. The van der Waals surface area contributed by atoms with Crippen molar-refractivity contribution in [3.8, 4) is 5.75 Å². The van der Waals surface area contributed by atoms with Gasteiger partial charge in [0, 0.05) is 30.9 Å². The highest BCUT2D eigenvalue weighted by Crippen LogP contribution is 2.29. The molecule has 1 fully saturated rings. The third-order valence-corrected chi connectivity index (χ3v) is 5.76. The van der Waals surface area contributed by atoms with Gasteiger partial charge in [-0.15, -0.1) is 0 Å². The van der Waals surface area contributed by atoms with Crippen LogP contribution in [0.4, 0.5) is 11.6 Å². The number of aromatic nitrogens is 3. The normalized spacial score (nSPS) is 15.1. The van der Waals surface area contributed by atoms with Crippen LogP contribution >= 0.6 is 11.6 Å². The standard InChI is InChI=1S/C24H24ClN7O2/c1-2-20(33)32-10-8-16(12-32)31-24-21(23(27)29-14-30-24)22(26)15-6-7-19(18(25)11-15)34-13-17-5-3-4-9-28-17/h2-7,9,11,14,16,26H,1,8,10,12-13H2,(H3,27,29,30,31). The summed E-state index contributed by atoms with van der Waals surface area (Å²) in [7, 11) is 0. The number of nitrogen functional groups attached to an aromatic ring is 1. The molecule has 3 heterocycles. The van der Waals surface area contributed by atoms with E-state index in [9.17, 15) is 4.79 Å². The third kappa shape index (κ3) is 5.15. The van der Waals surface area contributed by atoms with Gasteiger partial charge in [-0.3, -0.25) is 15.2 Å². The lowest BCUT2D eigenvalue weighted by molar-refractivity contribution is -0.125. The first-order chi connectivity index (χ1) is 16.5. The number of hydrogen-bond acceptors (Lipinski definition) is 8. The van der Waals surface area contributed by atoms with Crippen molar-refractivity contribution < 1.29 is 9.53 Å². The predicted octanol–water partition coefficient (Wildman–Crippen LogP) is 3.30. The Morgan fingerprint density at radius 1 is 1.32 bits per heavy atom. The van der Waals surface area contributed by atoms with Crippen LogP contribution in [0.15, 0.2) is 61.6 Å². The summed E-state index contributed by atoms with van der Waals surface area (Å²) in [5.74, 6) is 0.977. The second-order valence-electron chi connectivity index (χ2n) is 7.73. The quantitative estimate of drug-likeness (QED) is 0.335. The smallest absolute Gasteiger partial charge is 0.246 e. The number of carbonyl (C=O) groups excluding carboxylic acids is 1. The molecule has 1 saturated heterocycles. The van der Waals surface area contributed by atoms with Crippen molar-refractivity contribution in [1.82, 2.24) is 19.9 Å². The van der Waals surface area contributed by atoms with Gasteiger partial charge >= 0.3 is 0 Å². The highest BCUT2D eigenvalue weighted by atomic mass is 35.5. The zero-order chi connectivity index (χ0) is 24.1. The van der Waals surface area contributed by atoms with Crippen LogP contribution in [0, 0.1) is 5.41 Å². The summed E-state index contributed by atoms with van der Waals surface area (Å²) >= 11 is 6.44. The van der Waals surface area contributed by atoms with Gasteiger partial charge in [0.1, 0.15) is 30.3 Å². The van der Waals surface area contributed by atoms with E-state index in [1.165, 1.54) is 12.4 Å². The van der Waals surface area contributed by atoms with E-state index in [1.807, 2.05) is 18.2 Å². The molecule has 2 aromatic heterocycles. The molecule has 174 valence electrons. The Bertz CT molecular complexity index is 1220. The number of carbonyl (C=O) groups is 1. The fourth-order valence-electron chi connectivity index (χ4n) is 3.71. The molecular weight excluding hydrogens is 454 g/mol. The highest BCUT2D eigenvalue weighted by molar-refractivity contribution is 6.32. The van der Waals surface area contributed by atoms with Crippen LogP contribution in [0.25, 0.3) is 0 Å². The SMILES string of the molecule is C=CC(=O)N1CCC(Nc2ncnc(N)c2C(=N)c2ccc(OCc3ccccn3)c(Cl)c2)C1. The number of pyridine rings is 1. The molecule has 9 nitrogen and oxygen atoms in total. The summed E-state index contributed by atoms with van der Waals surface area (Å²) in [6.07, 6.45) is 5.09. The van der Waals surface area contributed by atoms with Crippen molar-refractivity contribution in [2.24, 2.45) is 0 Å². The van der Waals surface area contributed by atoms with Crippen LogP contribution in [-0.2, 0) is 11.4 Å². The van der Waals surface area contributed by atoms with E-state index in [0.29, 0.717) is 40.8 Å². The molecule has 0 saturated carbocycles. The lowest BCUT2D eigenvalue weighted by atomic mass is 10.0. The molecular formula is C24H24ClN7O2. The van der Waals surface area contributed by atoms with Crippen molar-refractivity contribution in [2.45, 2.75) is 19.1 Å². The van der Waals surface area contributed by atoms with Gasteiger partial charge in [0.15, 0.2) is 0 Å². The lowest BCUT2D eigenvalue weighted by Crippen LogP contribution is -2.30. The minimum atomic E-state index is -0.112. The van der Waals surface area contributed by atoms with E-state index >= 15 is 0 Å². The monoisotopic (exact) mass is 477 g/mol. The molecule has 4 N–H and O–H groups in total. The van der Waals surface area contributed by atoms with Crippen molar-refractivity contribution in [1.29, 1.82) is 5.41 Å². The zero-order valence-electron chi connectivity index (χ0n) is 18.4. The number of anilines is 2. The van der Waals surface area contributed by atoms with Gasteiger partial charge in [-0.1, -0.05) is 24.2 Å². The van der Waals surface area contributed by atoms with Crippen molar-refractivity contribution >= 4 is 34.9 Å². The Morgan fingerprint density at radius 3 is 2.91 bits per heavy atom. The van der Waals surface area contributed by atoms with Crippen molar-refractivity contribution in [2.75, 3.05) is 24.1 Å². The molecule has 4 rings (SSSR count). The van der Waals surface area contributed by atoms with E-state index in [4.69, 9.17) is 27.5 Å². The number of nitrogens with one attached hydrogen (secondary N) is 2. The molecule has 0 bridgehead atoms. The number of nitrogens with zero attached hydrogens (tertiary/aromatic N) is 4. The number of halogens is 1. The number of ether oxygens (including phenoxy) is 1. The Kier molecular flexibility index (Phi) is 7.03. The largest absolute Gasteiger partial charge is 0.486 e. The van der Waals surface area contributed by atoms with Crippen LogP contribution in [-0.4, -0.2) is 50.6 Å². The van der Waals surface area contributed by atoms with Crippen molar-refractivity contribution in [3.05, 3.63) is 83.4 Å². The van der Waals surface area contributed by atoms with E-state index in [0.717, 1.165) is 12.1 Å². The minimum absolute atomic E-state index is 0.0318. The Hall–Kier alpha value is -3.98.